The van der Waals surface area contributed by atoms with Gasteiger partial charge in [-0.25, -0.2) is 0 Å². The molecule has 0 spiro atoms. The summed E-state index contributed by atoms with van der Waals surface area (Å²) in [7, 11) is 0. The van der Waals surface area contributed by atoms with Gasteiger partial charge < -0.3 is 15.6 Å². The molecule has 0 unspecified atom stereocenters. The second-order valence-electron chi connectivity index (χ2n) is 3.21. The molecule has 0 atom stereocenters. The average Bonchev–Trinajstić information content (AvgIpc) is 2.01. The van der Waals surface area contributed by atoms with Crippen molar-refractivity contribution in [2.75, 3.05) is 0 Å². The number of rotatable bonds is 3. The van der Waals surface area contributed by atoms with Crippen molar-refractivity contribution in [1.29, 1.82) is 0 Å². The highest BCUT2D eigenvalue weighted by atomic mass is 16.5. The Balaban J connectivity index is 2.88. The molecular weight excluding hydrogens is 166 g/mol. The third-order valence-electron chi connectivity index (χ3n) is 1.56. The molecule has 0 amide bonds. The van der Waals surface area contributed by atoms with Gasteiger partial charge in [-0.1, -0.05) is 0 Å². The molecule has 1 aromatic rings. The maximum atomic E-state index is 9.30. The van der Waals surface area contributed by atoms with Gasteiger partial charge in [0.15, 0.2) is 0 Å². The predicted octanol–water partition coefficient (Wildman–Crippen LogP) is 1.64. The van der Waals surface area contributed by atoms with Crippen molar-refractivity contribution in [3.05, 3.63) is 23.8 Å². The molecular formula is C10H15NO2. The molecule has 0 bridgehead atoms. The minimum absolute atomic E-state index is 0.104. The molecule has 0 fully saturated rings. The SMILES string of the molecule is CC(C)Oc1cc(O)cc(CN)c1. The van der Waals surface area contributed by atoms with Crippen LogP contribution >= 0.6 is 0 Å². The number of phenols is 1. The smallest absolute Gasteiger partial charge is 0.123 e. The van der Waals surface area contributed by atoms with E-state index in [4.69, 9.17) is 10.5 Å². The topological polar surface area (TPSA) is 55.5 Å². The molecule has 0 saturated heterocycles. The summed E-state index contributed by atoms with van der Waals surface area (Å²) in [5, 5.41) is 9.30. The molecule has 3 heteroatoms. The maximum absolute atomic E-state index is 9.30. The Morgan fingerprint density at radius 2 is 2.08 bits per heavy atom. The minimum Gasteiger partial charge on any atom is -0.508 e. The highest BCUT2D eigenvalue weighted by Gasteiger charge is 2.01. The second kappa shape index (κ2) is 4.14. The molecule has 3 N–H and O–H groups in total. The van der Waals surface area contributed by atoms with Gasteiger partial charge in [0, 0.05) is 12.6 Å². The fourth-order valence-corrected chi connectivity index (χ4v) is 1.10. The van der Waals surface area contributed by atoms with Crippen molar-refractivity contribution in [2.24, 2.45) is 5.73 Å². The highest BCUT2D eigenvalue weighted by Crippen LogP contribution is 2.22. The molecule has 0 aromatic heterocycles. The molecule has 13 heavy (non-hydrogen) atoms. The summed E-state index contributed by atoms with van der Waals surface area (Å²) in [6.45, 7) is 4.28. The van der Waals surface area contributed by atoms with Crippen molar-refractivity contribution >= 4 is 0 Å². The third-order valence-corrected chi connectivity index (χ3v) is 1.56. The largest absolute Gasteiger partial charge is 0.508 e. The van der Waals surface area contributed by atoms with Crippen LogP contribution in [0.2, 0.25) is 0 Å². The zero-order chi connectivity index (χ0) is 9.84. The van der Waals surface area contributed by atoms with Crippen LogP contribution in [0, 0.1) is 0 Å². The van der Waals surface area contributed by atoms with E-state index in [1.54, 1.807) is 12.1 Å². The summed E-state index contributed by atoms with van der Waals surface area (Å²) in [6, 6.07) is 5.05. The molecule has 1 rings (SSSR count). The first-order valence-corrected chi connectivity index (χ1v) is 4.31. The Morgan fingerprint density at radius 1 is 1.38 bits per heavy atom. The summed E-state index contributed by atoms with van der Waals surface area (Å²) in [4.78, 5) is 0. The standard InChI is InChI=1S/C10H15NO2/c1-7(2)13-10-4-8(6-11)3-9(12)5-10/h3-5,7,12H,6,11H2,1-2H3. The van der Waals surface area contributed by atoms with Crippen molar-refractivity contribution in [3.8, 4) is 11.5 Å². The molecule has 3 nitrogen and oxygen atoms in total. The first kappa shape index (κ1) is 9.86. The van der Waals surface area contributed by atoms with Crippen molar-refractivity contribution in [1.82, 2.24) is 0 Å². The fourth-order valence-electron chi connectivity index (χ4n) is 1.10. The number of benzene rings is 1. The predicted molar refractivity (Wildman–Crippen MR) is 51.8 cm³/mol. The molecule has 0 aliphatic carbocycles. The van der Waals surface area contributed by atoms with Crippen LogP contribution in [0.4, 0.5) is 0 Å². The lowest BCUT2D eigenvalue weighted by Gasteiger charge is -2.10. The van der Waals surface area contributed by atoms with Gasteiger partial charge >= 0.3 is 0 Å². The summed E-state index contributed by atoms with van der Waals surface area (Å²) >= 11 is 0. The van der Waals surface area contributed by atoms with Gasteiger partial charge in [0.1, 0.15) is 11.5 Å². The van der Waals surface area contributed by atoms with Crippen LogP contribution in [0.15, 0.2) is 18.2 Å². The van der Waals surface area contributed by atoms with E-state index in [-0.39, 0.29) is 11.9 Å². The zero-order valence-corrected chi connectivity index (χ0v) is 7.95. The Kier molecular flexibility index (Phi) is 3.14. The van der Waals surface area contributed by atoms with E-state index in [0.29, 0.717) is 12.3 Å². The van der Waals surface area contributed by atoms with Crippen LogP contribution in [0.3, 0.4) is 0 Å². The maximum Gasteiger partial charge on any atom is 0.123 e. The van der Waals surface area contributed by atoms with Gasteiger partial charge in [0.2, 0.25) is 0 Å². The van der Waals surface area contributed by atoms with E-state index in [2.05, 4.69) is 0 Å². The van der Waals surface area contributed by atoms with Crippen molar-refractivity contribution < 1.29 is 9.84 Å². The van der Waals surface area contributed by atoms with E-state index >= 15 is 0 Å². The normalized spacial score (nSPS) is 10.5. The second-order valence-corrected chi connectivity index (χ2v) is 3.21. The van der Waals surface area contributed by atoms with Gasteiger partial charge in [-0.2, -0.15) is 0 Å². The summed E-state index contributed by atoms with van der Waals surface area (Å²) in [5.41, 5.74) is 6.32. The lowest BCUT2D eigenvalue weighted by Crippen LogP contribution is -2.06. The Hall–Kier alpha value is -1.22. The van der Waals surface area contributed by atoms with Crippen molar-refractivity contribution in [3.63, 3.8) is 0 Å². The van der Waals surface area contributed by atoms with Gasteiger partial charge in [-0.3, -0.25) is 0 Å². The van der Waals surface area contributed by atoms with Crippen LogP contribution in [-0.4, -0.2) is 11.2 Å². The molecule has 0 aliphatic rings. The molecule has 0 heterocycles. The first-order valence-electron chi connectivity index (χ1n) is 4.31. The van der Waals surface area contributed by atoms with Gasteiger partial charge in [-0.05, 0) is 31.5 Å². The Bertz CT molecular complexity index is 284. The van der Waals surface area contributed by atoms with Crippen LogP contribution in [0.1, 0.15) is 19.4 Å². The Morgan fingerprint density at radius 3 is 2.62 bits per heavy atom. The molecule has 0 saturated carbocycles. The molecule has 1 aromatic carbocycles. The van der Waals surface area contributed by atoms with Crippen LogP contribution in [0.25, 0.3) is 0 Å². The average molecular weight is 181 g/mol. The monoisotopic (exact) mass is 181 g/mol. The zero-order valence-electron chi connectivity index (χ0n) is 7.95. The first-order chi connectivity index (χ1) is 6.11. The van der Waals surface area contributed by atoms with Gasteiger partial charge in [0.05, 0.1) is 6.10 Å². The van der Waals surface area contributed by atoms with E-state index in [0.717, 1.165) is 5.56 Å². The summed E-state index contributed by atoms with van der Waals surface area (Å²) in [5.74, 6) is 0.856. The fraction of sp³-hybridized carbons (Fsp3) is 0.400. The van der Waals surface area contributed by atoms with E-state index in [1.165, 1.54) is 0 Å². The van der Waals surface area contributed by atoms with E-state index in [1.807, 2.05) is 19.9 Å². The number of phenolic OH excluding ortho intramolecular Hbond substituents is 1. The highest BCUT2D eigenvalue weighted by molar-refractivity contribution is 5.37. The lowest BCUT2D eigenvalue weighted by atomic mass is 10.2. The minimum atomic E-state index is 0.104. The summed E-state index contributed by atoms with van der Waals surface area (Å²) < 4.78 is 5.42. The number of ether oxygens (including phenoxy) is 1. The quantitative estimate of drug-likeness (QED) is 0.745. The number of hydrogen-bond donors (Lipinski definition) is 2. The molecule has 0 aliphatic heterocycles. The van der Waals surface area contributed by atoms with Gasteiger partial charge in [-0.15, -0.1) is 0 Å². The van der Waals surface area contributed by atoms with Crippen LogP contribution in [-0.2, 0) is 6.54 Å². The number of aromatic hydroxyl groups is 1. The van der Waals surface area contributed by atoms with Gasteiger partial charge in [0.25, 0.3) is 0 Å². The van der Waals surface area contributed by atoms with Crippen LogP contribution < -0.4 is 10.5 Å². The van der Waals surface area contributed by atoms with Crippen molar-refractivity contribution in [2.45, 2.75) is 26.5 Å². The van der Waals surface area contributed by atoms with Crippen LogP contribution in [0.5, 0.6) is 11.5 Å². The van der Waals surface area contributed by atoms with E-state index in [9.17, 15) is 5.11 Å². The lowest BCUT2D eigenvalue weighted by molar-refractivity contribution is 0.241. The number of nitrogens with two attached hydrogens (primary N) is 1. The van der Waals surface area contributed by atoms with E-state index < -0.39 is 0 Å². The Labute approximate surface area is 78.1 Å². The number of hydrogen-bond acceptors (Lipinski definition) is 3. The summed E-state index contributed by atoms with van der Waals surface area (Å²) in [6.07, 6.45) is 0.104. The molecule has 0 radical (unpaired) electrons. The molecule has 72 valence electrons. The third kappa shape index (κ3) is 2.95.